The van der Waals surface area contributed by atoms with Gasteiger partial charge in [0.1, 0.15) is 0 Å². The number of nitrogens with one attached hydrogen (secondary N) is 1. The van der Waals surface area contributed by atoms with E-state index in [1.807, 2.05) is 0 Å². The van der Waals surface area contributed by atoms with Gasteiger partial charge in [-0.25, -0.2) is 4.39 Å². The van der Waals surface area contributed by atoms with E-state index in [2.05, 4.69) is 4.90 Å². The van der Waals surface area contributed by atoms with Crippen molar-refractivity contribution < 1.29 is 9.13 Å². The molecule has 0 heterocycles. The maximum absolute atomic E-state index is 14.1. The normalized spacial score (nSPS) is 14.7. The molecule has 19 heavy (non-hydrogen) atoms. The van der Waals surface area contributed by atoms with E-state index < -0.39 is 0 Å². The summed E-state index contributed by atoms with van der Waals surface area (Å²) in [7, 11) is 1.47. The van der Waals surface area contributed by atoms with E-state index in [9.17, 15) is 4.39 Å². The molecule has 0 amide bonds. The van der Waals surface area contributed by atoms with Crippen molar-refractivity contribution in [3.8, 4) is 5.75 Å². The minimum atomic E-state index is -0.293. The van der Waals surface area contributed by atoms with Gasteiger partial charge >= 0.3 is 0 Å². The van der Waals surface area contributed by atoms with Gasteiger partial charge in [0, 0.05) is 31.1 Å². The monoisotopic (exact) mass is 265 g/mol. The maximum atomic E-state index is 14.1. The lowest BCUT2D eigenvalue weighted by atomic mass is 10.1. The summed E-state index contributed by atoms with van der Waals surface area (Å²) in [6.45, 7) is 1.25. The first-order valence-electron chi connectivity index (χ1n) is 6.50. The molecule has 1 fully saturated rings. The predicted molar refractivity (Wildman–Crippen MR) is 72.9 cm³/mol. The zero-order chi connectivity index (χ0) is 13.8. The van der Waals surface area contributed by atoms with Gasteiger partial charge in [-0.1, -0.05) is 12.1 Å². The number of benzene rings is 1. The maximum Gasteiger partial charge on any atom is 0.169 e. The molecule has 1 aliphatic rings. The topological polar surface area (TPSA) is 62.3 Å². The molecule has 0 aromatic heterocycles. The predicted octanol–water partition coefficient (Wildman–Crippen LogP) is 2.12. The Labute approximate surface area is 112 Å². The minimum Gasteiger partial charge on any atom is -0.494 e. The smallest absolute Gasteiger partial charge is 0.169 e. The first-order chi connectivity index (χ1) is 9.11. The minimum absolute atomic E-state index is 0.178. The second-order valence-corrected chi connectivity index (χ2v) is 4.91. The van der Waals surface area contributed by atoms with Crippen molar-refractivity contribution in [3.63, 3.8) is 0 Å². The lowest BCUT2D eigenvalue weighted by molar-refractivity contribution is 0.257. The average Bonchev–Trinajstić information content (AvgIpc) is 3.20. The first-order valence-corrected chi connectivity index (χ1v) is 6.50. The lowest BCUT2D eigenvalue weighted by Gasteiger charge is -2.22. The molecule has 1 aromatic rings. The summed E-state index contributed by atoms with van der Waals surface area (Å²) in [5.74, 6) is 0.162. The molecule has 0 radical (unpaired) electrons. The van der Waals surface area contributed by atoms with Gasteiger partial charge in [0.25, 0.3) is 0 Å². The highest BCUT2D eigenvalue weighted by atomic mass is 19.1. The fourth-order valence-electron chi connectivity index (χ4n) is 2.15. The van der Waals surface area contributed by atoms with Crippen molar-refractivity contribution in [1.82, 2.24) is 4.90 Å². The Hall–Kier alpha value is -1.62. The van der Waals surface area contributed by atoms with Gasteiger partial charge in [0.15, 0.2) is 11.6 Å². The molecule has 5 heteroatoms. The van der Waals surface area contributed by atoms with Gasteiger partial charge in [-0.2, -0.15) is 0 Å². The number of ether oxygens (including phenoxy) is 1. The van der Waals surface area contributed by atoms with Crippen molar-refractivity contribution in [1.29, 1.82) is 5.41 Å². The Bertz CT molecular complexity index is 460. The van der Waals surface area contributed by atoms with Crippen LogP contribution >= 0.6 is 0 Å². The van der Waals surface area contributed by atoms with Crippen molar-refractivity contribution in [2.75, 3.05) is 13.7 Å². The van der Waals surface area contributed by atoms with Crippen LogP contribution < -0.4 is 10.5 Å². The second kappa shape index (κ2) is 6.02. The fraction of sp³-hybridized carbons (Fsp3) is 0.500. The Morgan fingerprint density at radius 3 is 2.84 bits per heavy atom. The van der Waals surface area contributed by atoms with E-state index in [4.69, 9.17) is 15.9 Å². The van der Waals surface area contributed by atoms with Crippen molar-refractivity contribution in [3.05, 3.63) is 29.6 Å². The Morgan fingerprint density at radius 1 is 1.53 bits per heavy atom. The third-order valence-electron chi connectivity index (χ3n) is 3.37. The van der Waals surface area contributed by atoms with Crippen molar-refractivity contribution in [2.45, 2.75) is 31.8 Å². The van der Waals surface area contributed by atoms with Crippen LogP contribution in [0.25, 0.3) is 0 Å². The van der Waals surface area contributed by atoms with Gasteiger partial charge in [-0.05, 0) is 18.9 Å². The van der Waals surface area contributed by atoms with Gasteiger partial charge in [-0.3, -0.25) is 10.3 Å². The number of hydrogen-bond acceptors (Lipinski definition) is 3. The molecule has 1 saturated carbocycles. The summed E-state index contributed by atoms with van der Waals surface area (Å²) in [6.07, 6.45) is 2.81. The van der Waals surface area contributed by atoms with Gasteiger partial charge in [0.2, 0.25) is 0 Å². The zero-order valence-electron chi connectivity index (χ0n) is 11.2. The largest absolute Gasteiger partial charge is 0.494 e. The van der Waals surface area contributed by atoms with Crippen LogP contribution in [-0.4, -0.2) is 30.4 Å². The third-order valence-corrected chi connectivity index (χ3v) is 3.37. The first kappa shape index (κ1) is 13.8. The molecule has 0 bridgehead atoms. The number of amidine groups is 1. The van der Waals surface area contributed by atoms with Crippen LogP contribution in [0.3, 0.4) is 0 Å². The number of nitrogens with two attached hydrogens (primary N) is 1. The molecule has 4 nitrogen and oxygen atoms in total. The molecule has 0 saturated heterocycles. The van der Waals surface area contributed by atoms with Crippen LogP contribution in [0, 0.1) is 11.2 Å². The highest BCUT2D eigenvalue weighted by molar-refractivity contribution is 5.76. The van der Waals surface area contributed by atoms with Gasteiger partial charge < -0.3 is 10.5 Å². The van der Waals surface area contributed by atoms with E-state index in [0.29, 0.717) is 31.1 Å². The van der Waals surface area contributed by atoms with Gasteiger partial charge in [-0.15, -0.1) is 0 Å². The van der Waals surface area contributed by atoms with E-state index in [0.717, 1.165) is 12.8 Å². The summed E-state index contributed by atoms with van der Waals surface area (Å²) in [5, 5.41) is 7.29. The number of nitrogens with zero attached hydrogens (tertiary/aromatic N) is 1. The van der Waals surface area contributed by atoms with E-state index in [1.54, 1.807) is 18.2 Å². The molecule has 104 valence electrons. The molecular formula is C14H20FN3O. The van der Waals surface area contributed by atoms with E-state index in [-0.39, 0.29) is 17.4 Å². The van der Waals surface area contributed by atoms with Crippen LogP contribution in [0.2, 0.25) is 0 Å². The summed E-state index contributed by atoms with van der Waals surface area (Å²) >= 11 is 0. The lowest BCUT2D eigenvalue weighted by Crippen LogP contribution is -2.30. The highest BCUT2D eigenvalue weighted by Gasteiger charge is 2.29. The zero-order valence-corrected chi connectivity index (χ0v) is 11.2. The van der Waals surface area contributed by atoms with E-state index in [1.165, 1.54) is 7.11 Å². The summed E-state index contributed by atoms with van der Waals surface area (Å²) in [6, 6.07) is 5.70. The van der Waals surface area contributed by atoms with Crippen LogP contribution in [-0.2, 0) is 6.54 Å². The van der Waals surface area contributed by atoms with Crippen LogP contribution in [0.4, 0.5) is 4.39 Å². The van der Waals surface area contributed by atoms with Crippen LogP contribution in [0.15, 0.2) is 18.2 Å². The second-order valence-electron chi connectivity index (χ2n) is 4.91. The average molecular weight is 265 g/mol. The summed E-state index contributed by atoms with van der Waals surface area (Å²) in [5.41, 5.74) is 6.03. The highest BCUT2D eigenvalue weighted by Crippen LogP contribution is 2.30. The Balaban J connectivity index is 2.06. The number of methoxy groups -OCH3 is 1. The summed E-state index contributed by atoms with van der Waals surface area (Å²) in [4.78, 5) is 2.19. The SMILES string of the molecule is COc1cccc(CN(CCC(=N)N)C2CC2)c1F. The van der Waals surface area contributed by atoms with Crippen molar-refractivity contribution in [2.24, 2.45) is 5.73 Å². The molecule has 0 spiro atoms. The standard InChI is InChI=1S/C14H20FN3O/c1-19-12-4-2-3-10(14(12)15)9-18(11-5-6-11)8-7-13(16)17/h2-4,11H,5-9H2,1H3,(H3,16,17). The quantitative estimate of drug-likeness (QED) is 0.586. The van der Waals surface area contributed by atoms with Crippen molar-refractivity contribution >= 4 is 5.84 Å². The molecular weight excluding hydrogens is 245 g/mol. The molecule has 0 atom stereocenters. The Kier molecular flexibility index (Phi) is 4.37. The fourth-order valence-corrected chi connectivity index (χ4v) is 2.15. The van der Waals surface area contributed by atoms with E-state index >= 15 is 0 Å². The number of halogens is 1. The molecule has 0 aliphatic heterocycles. The molecule has 3 N–H and O–H groups in total. The van der Waals surface area contributed by atoms with Gasteiger partial charge in [0.05, 0.1) is 12.9 Å². The molecule has 1 aliphatic carbocycles. The third kappa shape index (κ3) is 3.67. The Morgan fingerprint density at radius 2 is 2.26 bits per heavy atom. The molecule has 0 unspecified atom stereocenters. The van der Waals surface area contributed by atoms with Crippen LogP contribution in [0.1, 0.15) is 24.8 Å². The number of hydrogen-bond donors (Lipinski definition) is 2. The molecule has 2 rings (SSSR count). The van der Waals surface area contributed by atoms with Crippen LogP contribution in [0.5, 0.6) is 5.75 Å². The number of rotatable bonds is 7. The summed E-state index contributed by atoms with van der Waals surface area (Å²) < 4.78 is 19.1. The molecule has 1 aromatic carbocycles.